The van der Waals surface area contributed by atoms with Crippen molar-refractivity contribution < 1.29 is 9.53 Å². The molecule has 0 bridgehead atoms. The Morgan fingerprint density at radius 2 is 1.89 bits per heavy atom. The first-order chi connectivity index (χ1) is 13.3. The number of hydrogen-bond donors (Lipinski definition) is 1. The van der Waals surface area contributed by atoms with Crippen molar-refractivity contribution in [1.82, 2.24) is 10.2 Å². The normalized spacial score (nSPS) is 16.5. The van der Waals surface area contributed by atoms with Gasteiger partial charge in [0.15, 0.2) is 0 Å². The molecular weight excluding hydrogens is 356 g/mol. The summed E-state index contributed by atoms with van der Waals surface area (Å²) in [4.78, 5) is 16.2. The predicted molar refractivity (Wildman–Crippen MR) is 111 cm³/mol. The number of rotatable bonds is 8. The molecule has 1 unspecified atom stereocenters. The average molecular weight is 387 g/mol. The first kappa shape index (κ1) is 19.9. The molecule has 146 valence electrons. The Kier molecular flexibility index (Phi) is 7.72. The fourth-order valence-electron chi connectivity index (χ4n) is 3.68. The van der Waals surface area contributed by atoms with E-state index in [0.29, 0.717) is 13.0 Å². The third kappa shape index (κ3) is 6.08. The van der Waals surface area contributed by atoms with E-state index in [-0.39, 0.29) is 11.9 Å². The summed E-state index contributed by atoms with van der Waals surface area (Å²) in [6.45, 7) is 2.86. The fourth-order valence-corrected chi connectivity index (χ4v) is 4.39. The van der Waals surface area contributed by atoms with Gasteiger partial charge in [-0.2, -0.15) is 0 Å². The molecule has 1 aromatic heterocycles. The van der Waals surface area contributed by atoms with Gasteiger partial charge in [-0.05, 0) is 61.5 Å². The molecule has 1 amide bonds. The summed E-state index contributed by atoms with van der Waals surface area (Å²) in [6, 6.07) is 12.6. The summed E-state index contributed by atoms with van der Waals surface area (Å²) in [5.74, 6) is 1.00. The summed E-state index contributed by atoms with van der Waals surface area (Å²) in [5, 5.41) is 5.24. The van der Waals surface area contributed by atoms with Gasteiger partial charge in [0.05, 0.1) is 13.2 Å². The molecule has 1 N–H and O–H groups in total. The molecule has 5 heteroatoms. The van der Waals surface area contributed by atoms with E-state index in [0.717, 1.165) is 25.3 Å². The van der Waals surface area contributed by atoms with Gasteiger partial charge in [-0.1, -0.05) is 31.0 Å². The lowest BCUT2D eigenvalue weighted by atomic mass is 10.0. The molecule has 2 heterocycles. The van der Waals surface area contributed by atoms with Crippen molar-refractivity contribution in [3.05, 3.63) is 52.2 Å². The van der Waals surface area contributed by atoms with Crippen LogP contribution in [0.5, 0.6) is 5.75 Å². The van der Waals surface area contributed by atoms with Crippen LogP contribution in [0.4, 0.5) is 0 Å². The third-order valence-corrected chi connectivity index (χ3v) is 6.19. The number of carbonyl (C=O) groups excluding carboxylic acids is 1. The maximum absolute atomic E-state index is 12.4. The van der Waals surface area contributed by atoms with E-state index in [1.165, 1.54) is 36.1 Å². The molecule has 0 radical (unpaired) electrons. The number of ether oxygens (including phenoxy) is 1. The maximum Gasteiger partial charge on any atom is 0.220 e. The van der Waals surface area contributed by atoms with Crippen molar-refractivity contribution in [1.29, 1.82) is 0 Å². The Hall–Kier alpha value is -1.85. The highest BCUT2D eigenvalue weighted by Crippen LogP contribution is 2.25. The Morgan fingerprint density at radius 1 is 1.15 bits per heavy atom. The summed E-state index contributed by atoms with van der Waals surface area (Å²) in [7, 11) is 1.69. The molecule has 1 saturated heterocycles. The van der Waals surface area contributed by atoms with Crippen LogP contribution >= 0.6 is 11.3 Å². The Balaban J connectivity index is 1.62. The summed E-state index contributed by atoms with van der Waals surface area (Å²) in [6.07, 6.45) is 6.45. The van der Waals surface area contributed by atoms with Crippen molar-refractivity contribution >= 4 is 17.2 Å². The molecule has 0 spiro atoms. The molecule has 1 aromatic carbocycles. The van der Waals surface area contributed by atoms with Gasteiger partial charge in [-0.3, -0.25) is 9.69 Å². The van der Waals surface area contributed by atoms with Gasteiger partial charge < -0.3 is 10.1 Å². The standard InChI is InChI=1S/C22H30N2O2S/c1-26-19-10-8-18(9-11-19)21(24-14-4-2-3-5-15-24)17-23-22(25)13-12-20-7-6-16-27-20/h6-11,16,21H,2-5,12-15,17H2,1H3,(H,23,25). The van der Waals surface area contributed by atoms with Crippen LogP contribution in [0.15, 0.2) is 41.8 Å². The third-order valence-electron chi connectivity index (χ3n) is 5.25. The molecule has 3 rings (SSSR count). The minimum absolute atomic E-state index is 0.136. The van der Waals surface area contributed by atoms with Gasteiger partial charge in [0, 0.05) is 17.8 Å². The highest BCUT2D eigenvalue weighted by molar-refractivity contribution is 7.09. The number of hydrogen-bond acceptors (Lipinski definition) is 4. The van der Waals surface area contributed by atoms with Crippen molar-refractivity contribution in [2.75, 3.05) is 26.7 Å². The molecule has 1 aliphatic rings. The topological polar surface area (TPSA) is 41.6 Å². The van der Waals surface area contributed by atoms with Crippen LogP contribution in [0.3, 0.4) is 0 Å². The largest absolute Gasteiger partial charge is 0.497 e. The van der Waals surface area contributed by atoms with Gasteiger partial charge in [-0.15, -0.1) is 11.3 Å². The number of thiophene rings is 1. The zero-order valence-corrected chi connectivity index (χ0v) is 17.0. The Bertz CT molecular complexity index is 677. The molecular formula is C22H30N2O2S. The number of nitrogens with one attached hydrogen (secondary N) is 1. The maximum atomic E-state index is 12.4. The van der Waals surface area contributed by atoms with Gasteiger partial charge >= 0.3 is 0 Å². The van der Waals surface area contributed by atoms with Crippen LogP contribution < -0.4 is 10.1 Å². The minimum atomic E-state index is 0.136. The highest BCUT2D eigenvalue weighted by Gasteiger charge is 2.22. The monoisotopic (exact) mass is 386 g/mol. The second-order valence-electron chi connectivity index (χ2n) is 7.12. The molecule has 1 aliphatic heterocycles. The van der Waals surface area contributed by atoms with E-state index < -0.39 is 0 Å². The van der Waals surface area contributed by atoms with Crippen molar-refractivity contribution in [2.45, 2.75) is 44.6 Å². The second kappa shape index (κ2) is 10.5. The van der Waals surface area contributed by atoms with Crippen LogP contribution in [0.1, 0.15) is 48.6 Å². The SMILES string of the molecule is COc1ccc(C(CNC(=O)CCc2cccs2)N2CCCCCC2)cc1. The lowest BCUT2D eigenvalue weighted by molar-refractivity contribution is -0.121. The minimum Gasteiger partial charge on any atom is -0.497 e. The van der Waals surface area contributed by atoms with Crippen molar-refractivity contribution in [3.8, 4) is 5.75 Å². The number of aryl methyl sites for hydroxylation is 1. The lowest BCUT2D eigenvalue weighted by Crippen LogP contribution is -2.38. The lowest BCUT2D eigenvalue weighted by Gasteiger charge is -2.31. The molecule has 1 fully saturated rings. The zero-order chi connectivity index (χ0) is 18.9. The summed E-state index contributed by atoms with van der Waals surface area (Å²) < 4.78 is 5.30. The smallest absolute Gasteiger partial charge is 0.220 e. The predicted octanol–water partition coefficient (Wildman–Crippen LogP) is 4.42. The van der Waals surface area contributed by atoms with Gasteiger partial charge in [-0.25, -0.2) is 0 Å². The zero-order valence-electron chi connectivity index (χ0n) is 16.2. The van der Waals surface area contributed by atoms with Gasteiger partial charge in [0.2, 0.25) is 5.91 Å². The molecule has 1 atom stereocenters. The summed E-state index contributed by atoms with van der Waals surface area (Å²) >= 11 is 1.71. The number of amides is 1. The van der Waals surface area contributed by atoms with Crippen LogP contribution in [0, 0.1) is 0 Å². The van der Waals surface area contributed by atoms with Gasteiger partial charge in [0.25, 0.3) is 0 Å². The van der Waals surface area contributed by atoms with E-state index in [2.05, 4.69) is 33.8 Å². The second-order valence-corrected chi connectivity index (χ2v) is 8.15. The molecule has 27 heavy (non-hydrogen) atoms. The Morgan fingerprint density at radius 3 is 2.52 bits per heavy atom. The quantitative estimate of drug-likeness (QED) is 0.730. The number of carbonyl (C=O) groups is 1. The van der Waals surface area contributed by atoms with Crippen molar-refractivity contribution in [2.24, 2.45) is 0 Å². The first-order valence-electron chi connectivity index (χ1n) is 9.93. The van der Waals surface area contributed by atoms with E-state index in [4.69, 9.17) is 4.74 Å². The van der Waals surface area contributed by atoms with Gasteiger partial charge in [0.1, 0.15) is 5.75 Å². The molecule has 2 aromatic rings. The average Bonchev–Trinajstić information content (AvgIpc) is 3.09. The molecule has 4 nitrogen and oxygen atoms in total. The van der Waals surface area contributed by atoms with Crippen LogP contribution in [-0.2, 0) is 11.2 Å². The van der Waals surface area contributed by atoms with E-state index in [1.807, 2.05) is 18.2 Å². The molecule has 0 aliphatic carbocycles. The van der Waals surface area contributed by atoms with E-state index in [9.17, 15) is 4.79 Å². The van der Waals surface area contributed by atoms with Crippen molar-refractivity contribution in [3.63, 3.8) is 0 Å². The van der Waals surface area contributed by atoms with E-state index >= 15 is 0 Å². The summed E-state index contributed by atoms with van der Waals surface area (Å²) in [5.41, 5.74) is 1.25. The van der Waals surface area contributed by atoms with Crippen LogP contribution in [0.25, 0.3) is 0 Å². The number of methoxy groups -OCH3 is 1. The van der Waals surface area contributed by atoms with Crippen LogP contribution in [0.2, 0.25) is 0 Å². The number of benzene rings is 1. The molecule has 0 saturated carbocycles. The highest BCUT2D eigenvalue weighted by atomic mass is 32.1. The number of nitrogens with zero attached hydrogens (tertiary/aromatic N) is 1. The van der Waals surface area contributed by atoms with Crippen LogP contribution in [-0.4, -0.2) is 37.6 Å². The Labute approximate surface area is 166 Å². The fraction of sp³-hybridized carbons (Fsp3) is 0.500. The number of likely N-dealkylation sites (tertiary alicyclic amines) is 1. The first-order valence-corrected chi connectivity index (χ1v) is 10.8. The van der Waals surface area contributed by atoms with E-state index in [1.54, 1.807) is 18.4 Å².